The number of aromatic nitrogens is 1. The highest BCUT2D eigenvalue weighted by Crippen LogP contribution is 2.16. The second kappa shape index (κ2) is 5.23. The van der Waals surface area contributed by atoms with Crippen molar-refractivity contribution in [3.63, 3.8) is 0 Å². The van der Waals surface area contributed by atoms with Crippen LogP contribution in [0.3, 0.4) is 0 Å². The first-order valence-electron chi connectivity index (χ1n) is 5.61. The summed E-state index contributed by atoms with van der Waals surface area (Å²) in [6.07, 6.45) is 2.27. The van der Waals surface area contributed by atoms with Crippen LogP contribution < -0.4 is 0 Å². The van der Waals surface area contributed by atoms with E-state index in [1.54, 1.807) is 11.3 Å². The Morgan fingerprint density at radius 2 is 2.38 bits per heavy atom. The third kappa shape index (κ3) is 2.79. The number of thiazole rings is 1. The molecule has 1 aromatic rings. The standard InChI is InChI=1S/C11H19N3OS/c1-13-3-4-14(2)10(7-13)11(15)5-9-6-12-8-16-9/h6,8,10-11,15H,3-5,7H2,1-2H3. The molecule has 4 nitrogen and oxygen atoms in total. The van der Waals surface area contributed by atoms with Gasteiger partial charge in [-0.15, -0.1) is 11.3 Å². The summed E-state index contributed by atoms with van der Waals surface area (Å²) in [4.78, 5) is 9.73. The maximum Gasteiger partial charge on any atom is 0.0794 e. The van der Waals surface area contributed by atoms with E-state index in [-0.39, 0.29) is 12.1 Å². The number of likely N-dealkylation sites (N-methyl/N-ethyl adjacent to an activating group) is 2. The summed E-state index contributed by atoms with van der Waals surface area (Å²) in [6, 6.07) is 0.237. The number of aliphatic hydroxyl groups is 1. The molecule has 0 saturated carbocycles. The van der Waals surface area contributed by atoms with Crippen molar-refractivity contribution in [1.82, 2.24) is 14.8 Å². The summed E-state index contributed by atoms with van der Waals surface area (Å²) in [5, 5.41) is 10.2. The van der Waals surface area contributed by atoms with E-state index >= 15 is 0 Å². The molecule has 2 unspecified atom stereocenters. The first kappa shape index (κ1) is 12.0. The molecule has 0 amide bonds. The highest BCUT2D eigenvalue weighted by atomic mass is 32.1. The van der Waals surface area contributed by atoms with Crippen molar-refractivity contribution in [3.8, 4) is 0 Å². The Morgan fingerprint density at radius 1 is 1.56 bits per heavy atom. The van der Waals surface area contributed by atoms with E-state index < -0.39 is 0 Å². The molecular weight excluding hydrogens is 222 g/mol. The minimum atomic E-state index is -0.298. The van der Waals surface area contributed by atoms with Gasteiger partial charge in [0.25, 0.3) is 0 Å². The Kier molecular flexibility index (Phi) is 3.91. The molecule has 0 radical (unpaired) electrons. The molecule has 1 N–H and O–H groups in total. The summed E-state index contributed by atoms with van der Waals surface area (Å²) < 4.78 is 0. The molecule has 5 heteroatoms. The minimum absolute atomic E-state index is 0.237. The SMILES string of the molecule is CN1CCN(C)C(C(O)Cc2cncs2)C1. The molecule has 0 aromatic carbocycles. The van der Waals surface area contributed by atoms with E-state index in [4.69, 9.17) is 0 Å². The largest absolute Gasteiger partial charge is 0.391 e. The molecule has 0 bridgehead atoms. The lowest BCUT2D eigenvalue weighted by atomic mass is 10.0. The molecule has 16 heavy (non-hydrogen) atoms. The Morgan fingerprint density at radius 3 is 3.06 bits per heavy atom. The molecule has 2 heterocycles. The minimum Gasteiger partial charge on any atom is -0.391 e. The molecule has 1 fully saturated rings. The van der Waals surface area contributed by atoms with E-state index in [2.05, 4.69) is 28.9 Å². The van der Waals surface area contributed by atoms with Crippen molar-refractivity contribution in [2.24, 2.45) is 0 Å². The van der Waals surface area contributed by atoms with Gasteiger partial charge in [0.15, 0.2) is 0 Å². The lowest BCUT2D eigenvalue weighted by Crippen LogP contribution is -2.55. The van der Waals surface area contributed by atoms with Gasteiger partial charge < -0.3 is 10.0 Å². The topological polar surface area (TPSA) is 39.6 Å². The van der Waals surface area contributed by atoms with Crippen LogP contribution in [0, 0.1) is 0 Å². The maximum absolute atomic E-state index is 10.2. The Labute approximate surface area is 101 Å². The predicted octanol–water partition coefficient (Wildman–Crippen LogP) is 0.292. The third-order valence-corrected chi connectivity index (χ3v) is 4.04. The van der Waals surface area contributed by atoms with Crippen molar-refractivity contribution in [3.05, 3.63) is 16.6 Å². The van der Waals surface area contributed by atoms with Crippen LogP contribution in [-0.4, -0.2) is 65.8 Å². The van der Waals surface area contributed by atoms with Gasteiger partial charge >= 0.3 is 0 Å². The number of hydrogen-bond acceptors (Lipinski definition) is 5. The van der Waals surface area contributed by atoms with Crippen LogP contribution in [0.2, 0.25) is 0 Å². The van der Waals surface area contributed by atoms with Crippen LogP contribution in [0.4, 0.5) is 0 Å². The van der Waals surface area contributed by atoms with E-state index in [1.807, 2.05) is 11.7 Å². The lowest BCUT2D eigenvalue weighted by molar-refractivity contribution is 0.0156. The van der Waals surface area contributed by atoms with E-state index in [0.717, 1.165) is 24.5 Å². The van der Waals surface area contributed by atoms with Gasteiger partial charge in [-0.2, -0.15) is 0 Å². The average Bonchev–Trinajstić information content (AvgIpc) is 2.74. The molecule has 1 aliphatic rings. The predicted molar refractivity (Wildman–Crippen MR) is 65.7 cm³/mol. The fourth-order valence-electron chi connectivity index (χ4n) is 2.14. The average molecular weight is 241 g/mol. The summed E-state index contributed by atoms with van der Waals surface area (Å²) in [5.74, 6) is 0. The van der Waals surface area contributed by atoms with Crippen LogP contribution in [0.25, 0.3) is 0 Å². The Hall–Kier alpha value is -0.490. The van der Waals surface area contributed by atoms with Crippen molar-refractivity contribution in [2.75, 3.05) is 33.7 Å². The highest BCUT2D eigenvalue weighted by Gasteiger charge is 2.28. The second-order valence-electron chi connectivity index (χ2n) is 4.55. The fraction of sp³-hybridized carbons (Fsp3) is 0.727. The summed E-state index contributed by atoms with van der Waals surface area (Å²) in [5.41, 5.74) is 1.82. The monoisotopic (exact) mass is 241 g/mol. The summed E-state index contributed by atoms with van der Waals surface area (Å²) >= 11 is 1.61. The van der Waals surface area contributed by atoms with E-state index in [1.165, 1.54) is 0 Å². The molecule has 0 aliphatic carbocycles. The lowest BCUT2D eigenvalue weighted by Gasteiger charge is -2.40. The molecule has 1 saturated heterocycles. The number of piperazine rings is 1. The van der Waals surface area contributed by atoms with Crippen LogP contribution in [0.1, 0.15) is 4.88 Å². The van der Waals surface area contributed by atoms with Gasteiger partial charge in [-0.05, 0) is 14.1 Å². The molecule has 2 rings (SSSR count). The zero-order valence-corrected chi connectivity index (χ0v) is 10.7. The zero-order valence-electron chi connectivity index (χ0n) is 9.83. The smallest absolute Gasteiger partial charge is 0.0794 e. The van der Waals surface area contributed by atoms with Gasteiger partial charge in [0.2, 0.25) is 0 Å². The number of rotatable bonds is 3. The normalized spacial score (nSPS) is 25.8. The van der Waals surface area contributed by atoms with Crippen molar-refractivity contribution in [1.29, 1.82) is 0 Å². The van der Waals surface area contributed by atoms with Crippen LogP contribution in [0.5, 0.6) is 0 Å². The first-order valence-corrected chi connectivity index (χ1v) is 6.49. The molecule has 1 aliphatic heterocycles. The summed E-state index contributed by atoms with van der Waals surface area (Å²) in [6.45, 7) is 3.05. The number of aliphatic hydroxyl groups excluding tert-OH is 1. The quantitative estimate of drug-likeness (QED) is 0.826. The van der Waals surface area contributed by atoms with Gasteiger partial charge in [0.05, 0.1) is 11.6 Å². The molecule has 2 atom stereocenters. The van der Waals surface area contributed by atoms with Crippen molar-refractivity contribution >= 4 is 11.3 Å². The fourth-order valence-corrected chi connectivity index (χ4v) is 2.79. The molecule has 0 spiro atoms. The van der Waals surface area contributed by atoms with Crippen molar-refractivity contribution < 1.29 is 5.11 Å². The van der Waals surface area contributed by atoms with E-state index in [9.17, 15) is 5.11 Å². The number of hydrogen-bond donors (Lipinski definition) is 1. The number of nitrogens with zero attached hydrogens (tertiary/aromatic N) is 3. The molecule has 90 valence electrons. The van der Waals surface area contributed by atoms with Crippen LogP contribution in [-0.2, 0) is 6.42 Å². The van der Waals surface area contributed by atoms with Crippen molar-refractivity contribution in [2.45, 2.75) is 18.6 Å². The van der Waals surface area contributed by atoms with Crippen LogP contribution in [0.15, 0.2) is 11.7 Å². The first-order chi connectivity index (χ1) is 7.66. The van der Waals surface area contributed by atoms with Gasteiger partial charge in [0, 0.05) is 43.2 Å². The molecular formula is C11H19N3OS. The Bertz CT molecular complexity index is 317. The molecule has 1 aromatic heterocycles. The maximum atomic E-state index is 10.2. The summed E-state index contributed by atoms with van der Waals surface area (Å²) in [7, 11) is 4.20. The third-order valence-electron chi connectivity index (χ3n) is 3.24. The second-order valence-corrected chi connectivity index (χ2v) is 5.52. The van der Waals surface area contributed by atoms with Crippen LogP contribution >= 0.6 is 11.3 Å². The van der Waals surface area contributed by atoms with E-state index in [0.29, 0.717) is 6.42 Å². The van der Waals surface area contributed by atoms with Gasteiger partial charge in [-0.1, -0.05) is 0 Å². The van der Waals surface area contributed by atoms with Gasteiger partial charge in [0.1, 0.15) is 0 Å². The van der Waals surface area contributed by atoms with Gasteiger partial charge in [-0.3, -0.25) is 9.88 Å². The zero-order chi connectivity index (χ0) is 11.5. The highest BCUT2D eigenvalue weighted by molar-refractivity contribution is 7.09. The van der Waals surface area contributed by atoms with Gasteiger partial charge in [-0.25, -0.2) is 0 Å². The Balaban J connectivity index is 1.94.